The van der Waals surface area contributed by atoms with Crippen molar-refractivity contribution in [1.29, 1.82) is 0 Å². The van der Waals surface area contributed by atoms with Gasteiger partial charge in [0.25, 0.3) is 0 Å². The summed E-state index contributed by atoms with van der Waals surface area (Å²) in [5, 5.41) is 0. The summed E-state index contributed by atoms with van der Waals surface area (Å²) in [4.78, 5) is 0. The van der Waals surface area contributed by atoms with E-state index < -0.39 is 5.67 Å². The second-order valence-corrected chi connectivity index (χ2v) is 4.21. The van der Waals surface area contributed by atoms with Crippen LogP contribution in [0.4, 0.5) is 4.39 Å². The first-order chi connectivity index (χ1) is 3.91. The zero-order valence-corrected chi connectivity index (χ0v) is 6.50. The predicted octanol–water partition coefficient (Wildman–Crippen LogP) is 2.92. The van der Waals surface area contributed by atoms with Crippen molar-refractivity contribution < 1.29 is 4.39 Å². The zero-order valence-electron chi connectivity index (χ0n) is 6.50. The highest BCUT2D eigenvalue weighted by Gasteiger charge is 2.41. The molecule has 0 unspecified atom stereocenters. The maximum Gasteiger partial charge on any atom is 0.106 e. The molecule has 0 saturated heterocycles. The van der Waals surface area contributed by atoms with Crippen LogP contribution in [-0.4, -0.2) is 5.67 Å². The Bertz CT molecular complexity index is 103. The lowest BCUT2D eigenvalue weighted by molar-refractivity contribution is 0.166. The molecule has 0 amide bonds. The maximum absolute atomic E-state index is 12.9. The lowest BCUT2D eigenvalue weighted by Gasteiger charge is -2.18. The lowest BCUT2D eigenvalue weighted by atomic mass is 9.94. The van der Waals surface area contributed by atoms with E-state index in [9.17, 15) is 4.39 Å². The van der Waals surface area contributed by atoms with Crippen LogP contribution >= 0.6 is 0 Å². The van der Waals surface area contributed by atoms with E-state index in [4.69, 9.17) is 0 Å². The van der Waals surface area contributed by atoms with Gasteiger partial charge < -0.3 is 0 Å². The van der Waals surface area contributed by atoms with Gasteiger partial charge in [-0.25, -0.2) is 4.39 Å². The highest BCUT2D eigenvalue weighted by molar-refractivity contribution is 4.92. The SMILES string of the molecule is CC(C)(F)CC1(C)CC1. The van der Waals surface area contributed by atoms with Crippen LogP contribution in [0.3, 0.4) is 0 Å². The van der Waals surface area contributed by atoms with Crippen LogP contribution in [0.2, 0.25) is 0 Å². The third-order valence-electron chi connectivity index (χ3n) is 1.95. The Hall–Kier alpha value is -0.0700. The molecule has 54 valence electrons. The van der Waals surface area contributed by atoms with Gasteiger partial charge in [-0.2, -0.15) is 0 Å². The fraction of sp³-hybridized carbons (Fsp3) is 1.00. The number of rotatable bonds is 2. The third-order valence-corrected chi connectivity index (χ3v) is 1.95. The van der Waals surface area contributed by atoms with Crippen LogP contribution < -0.4 is 0 Å². The molecule has 0 aromatic rings. The number of hydrogen-bond acceptors (Lipinski definition) is 0. The molecule has 0 aromatic heterocycles. The van der Waals surface area contributed by atoms with Crippen molar-refractivity contribution in [2.45, 2.75) is 45.7 Å². The van der Waals surface area contributed by atoms with E-state index in [1.54, 1.807) is 13.8 Å². The first kappa shape index (κ1) is 7.04. The first-order valence-electron chi connectivity index (χ1n) is 3.60. The first-order valence-corrected chi connectivity index (χ1v) is 3.60. The van der Waals surface area contributed by atoms with Crippen LogP contribution in [0.15, 0.2) is 0 Å². The quantitative estimate of drug-likeness (QED) is 0.539. The van der Waals surface area contributed by atoms with E-state index in [2.05, 4.69) is 6.92 Å². The van der Waals surface area contributed by atoms with Crippen molar-refractivity contribution in [3.63, 3.8) is 0 Å². The Morgan fingerprint density at radius 1 is 1.44 bits per heavy atom. The molecule has 0 spiro atoms. The summed E-state index contributed by atoms with van der Waals surface area (Å²) in [6, 6.07) is 0. The highest BCUT2D eigenvalue weighted by atomic mass is 19.1. The summed E-state index contributed by atoms with van der Waals surface area (Å²) in [5.41, 5.74) is -0.594. The van der Waals surface area contributed by atoms with Gasteiger partial charge in [-0.15, -0.1) is 0 Å². The van der Waals surface area contributed by atoms with Crippen molar-refractivity contribution in [2.75, 3.05) is 0 Å². The normalized spacial score (nSPS) is 24.0. The molecule has 0 radical (unpaired) electrons. The smallest absolute Gasteiger partial charge is 0.106 e. The Morgan fingerprint density at radius 2 is 1.89 bits per heavy atom. The molecule has 1 aliphatic carbocycles. The van der Waals surface area contributed by atoms with Crippen LogP contribution in [0.25, 0.3) is 0 Å². The molecule has 0 aliphatic heterocycles. The second-order valence-electron chi connectivity index (χ2n) is 4.21. The van der Waals surface area contributed by atoms with Crippen molar-refractivity contribution in [3.05, 3.63) is 0 Å². The minimum atomic E-state index is -0.953. The topological polar surface area (TPSA) is 0 Å². The minimum absolute atomic E-state index is 0.359. The number of hydrogen-bond donors (Lipinski definition) is 0. The third kappa shape index (κ3) is 2.33. The molecule has 9 heavy (non-hydrogen) atoms. The van der Waals surface area contributed by atoms with Gasteiger partial charge in [0.05, 0.1) is 0 Å². The fourth-order valence-electron chi connectivity index (χ4n) is 1.41. The molecule has 1 fully saturated rings. The van der Waals surface area contributed by atoms with Crippen molar-refractivity contribution in [1.82, 2.24) is 0 Å². The summed E-state index contributed by atoms with van der Waals surface area (Å²) >= 11 is 0. The van der Waals surface area contributed by atoms with Gasteiger partial charge in [-0.3, -0.25) is 0 Å². The van der Waals surface area contributed by atoms with Gasteiger partial charge in [-0.1, -0.05) is 6.92 Å². The van der Waals surface area contributed by atoms with Gasteiger partial charge in [0.15, 0.2) is 0 Å². The van der Waals surface area contributed by atoms with E-state index in [1.807, 2.05) is 0 Å². The average Bonchev–Trinajstić information content (AvgIpc) is 2.12. The monoisotopic (exact) mass is 130 g/mol. The molecule has 0 N–H and O–H groups in total. The maximum atomic E-state index is 12.9. The molecule has 1 heteroatoms. The van der Waals surface area contributed by atoms with E-state index in [1.165, 1.54) is 12.8 Å². The zero-order chi connectivity index (χ0) is 7.12. The molecular formula is C8H15F. The van der Waals surface area contributed by atoms with Crippen molar-refractivity contribution in [2.24, 2.45) is 5.41 Å². The summed E-state index contributed by atoms with van der Waals surface area (Å²) in [7, 11) is 0. The summed E-state index contributed by atoms with van der Waals surface area (Å²) < 4.78 is 12.9. The number of halogens is 1. The highest BCUT2D eigenvalue weighted by Crippen LogP contribution is 2.51. The Morgan fingerprint density at radius 3 is 2.00 bits per heavy atom. The van der Waals surface area contributed by atoms with Crippen LogP contribution in [-0.2, 0) is 0 Å². The number of alkyl halides is 1. The Balaban J connectivity index is 2.33. The Kier molecular flexibility index (Phi) is 1.34. The lowest BCUT2D eigenvalue weighted by Crippen LogP contribution is -2.16. The molecule has 1 saturated carbocycles. The van der Waals surface area contributed by atoms with E-state index in [0.717, 1.165) is 6.42 Å². The van der Waals surface area contributed by atoms with E-state index >= 15 is 0 Å². The summed E-state index contributed by atoms with van der Waals surface area (Å²) in [6.07, 6.45) is 3.18. The van der Waals surface area contributed by atoms with Gasteiger partial charge in [0, 0.05) is 0 Å². The van der Waals surface area contributed by atoms with Gasteiger partial charge >= 0.3 is 0 Å². The van der Waals surface area contributed by atoms with Gasteiger partial charge in [-0.05, 0) is 38.5 Å². The van der Waals surface area contributed by atoms with E-state index in [0.29, 0.717) is 5.41 Å². The van der Waals surface area contributed by atoms with Crippen LogP contribution in [0.1, 0.15) is 40.0 Å². The standard InChI is InChI=1S/C8H15F/c1-7(2,9)6-8(3)4-5-8/h4-6H2,1-3H3. The molecule has 1 rings (SSSR count). The fourth-order valence-corrected chi connectivity index (χ4v) is 1.41. The Labute approximate surface area is 56.5 Å². The molecule has 0 heterocycles. The summed E-state index contributed by atoms with van der Waals surface area (Å²) in [6.45, 7) is 5.49. The van der Waals surface area contributed by atoms with E-state index in [-0.39, 0.29) is 0 Å². The molecular weight excluding hydrogens is 115 g/mol. The van der Waals surface area contributed by atoms with Crippen LogP contribution in [0.5, 0.6) is 0 Å². The molecule has 0 atom stereocenters. The minimum Gasteiger partial charge on any atom is -0.244 e. The molecule has 0 aromatic carbocycles. The molecule has 0 bridgehead atoms. The van der Waals surface area contributed by atoms with Gasteiger partial charge in [0.2, 0.25) is 0 Å². The van der Waals surface area contributed by atoms with Crippen molar-refractivity contribution >= 4 is 0 Å². The van der Waals surface area contributed by atoms with Gasteiger partial charge in [0.1, 0.15) is 5.67 Å². The van der Waals surface area contributed by atoms with Crippen molar-refractivity contribution in [3.8, 4) is 0 Å². The molecule has 0 nitrogen and oxygen atoms in total. The van der Waals surface area contributed by atoms with Crippen LogP contribution in [0, 0.1) is 5.41 Å². The second kappa shape index (κ2) is 1.71. The largest absolute Gasteiger partial charge is 0.244 e. The predicted molar refractivity (Wildman–Crippen MR) is 37.1 cm³/mol. The average molecular weight is 130 g/mol. The molecule has 1 aliphatic rings. The summed E-state index contributed by atoms with van der Waals surface area (Å²) in [5.74, 6) is 0.